The third-order valence-electron chi connectivity index (χ3n) is 2.75. The van der Waals surface area contributed by atoms with Crippen LogP contribution < -0.4 is 4.90 Å². The lowest BCUT2D eigenvalue weighted by Gasteiger charge is -2.23. The van der Waals surface area contributed by atoms with Gasteiger partial charge in [0.15, 0.2) is 5.78 Å². The van der Waals surface area contributed by atoms with Gasteiger partial charge in [0.2, 0.25) is 5.91 Å². The number of carbonyl (C=O) groups excluding carboxylic acids is 2. The molecule has 0 N–H and O–H groups in total. The van der Waals surface area contributed by atoms with Gasteiger partial charge in [0.1, 0.15) is 0 Å². The minimum absolute atomic E-state index is 0.00494. The first kappa shape index (κ1) is 11.1. The Morgan fingerprint density at radius 1 is 1.38 bits per heavy atom. The molecule has 0 bridgehead atoms. The second-order valence-corrected chi connectivity index (χ2v) is 4.02. The molecule has 4 heteroatoms. The zero-order chi connectivity index (χ0) is 11.5. The molecular formula is C12H12ClNO2. The summed E-state index contributed by atoms with van der Waals surface area (Å²) in [6, 6.07) is 8.86. The highest BCUT2D eigenvalue weighted by molar-refractivity contribution is 6.29. The fraction of sp³-hybridized carbons (Fsp3) is 0.333. The molecule has 3 nitrogen and oxygen atoms in total. The SMILES string of the molecule is O=C(CCl)[C@H]1CCC(=O)N1c1ccccc1. The molecule has 1 saturated heterocycles. The maximum atomic E-state index is 11.7. The lowest BCUT2D eigenvalue weighted by atomic mass is 10.1. The normalized spacial score (nSPS) is 20.2. The Hall–Kier alpha value is -1.35. The van der Waals surface area contributed by atoms with Crippen molar-refractivity contribution in [2.24, 2.45) is 0 Å². The second-order valence-electron chi connectivity index (χ2n) is 3.75. The average molecular weight is 238 g/mol. The molecule has 1 heterocycles. The van der Waals surface area contributed by atoms with E-state index in [1.807, 2.05) is 30.3 Å². The first-order valence-electron chi connectivity index (χ1n) is 5.20. The van der Waals surface area contributed by atoms with E-state index in [1.165, 1.54) is 0 Å². The summed E-state index contributed by atoms with van der Waals surface area (Å²) >= 11 is 5.55. The van der Waals surface area contributed by atoms with Crippen molar-refractivity contribution in [2.75, 3.05) is 10.8 Å². The average Bonchev–Trinajstić information content (AvgIpc) is 2.71. The van der Waals surface area contributed by atoms with E-state index in [9.17, 15) is 9.59 Å². The van der Waals surface area contributed by atoms with Gasteiger partial charge < -0.3 is 4.90 Å². The summed E-state index contributed by atoms with van der Waals surface area (Å²) < 4.78 is 0. The summed E-state index contributed by atoms with van der Waals surface area (Å²) in [5.74, 6) is -0.132. The maximum absolute atomic E-state index is 11.7. The number of rotatable bonds is 3. The zero-order valence-corrected chi connectivity index (χ0v) is 9.48. The minimum atomic E-state index is -0.382. The molecule has 1 aromatic carbocycles. The van der Waals surface area contributed by atoms with Crippen molar-refractivity contribution in [1.82, 2.24) is 0 Å². The quantitative estimate of drug-likeness (QED) is 0.754. The number of alkyl halides is 1. The maximum Gasteiger partial charge on any atom is 0.227 e. The van der Waals surface area contributed by atoms with Gasteiger partial charge in [-0.3, -0.25) is 9.59 Å². The number of ketones is 1. The van der Waals surface area contributed by atoms with E-state index in [2.05, 4.69) is 0 Å². The van der Waals surface area contributed by atoms with Gasteiger partial charge in [-0.1, -0.05) is 18.2 Å². The van der Waals surface area contributed by atoms with Crippen LogP contribution in [0.1, 0.15) is 12.8 Å². The summed E-state index contributed by atoms with van der Waals surface area (Å²) in [4.78, 5) is 24.9. The molecule has 1 fully saturated rings. The van der Waals surface area contributed by atoms with E-state index in [4.69, 9.17) is 11.6 Å². The number of hydrogen-bond acceptors (Lipinski definition) is 2. The molecule has 0 spiro atoms. The molecule has 1 aliphatic rings. The third-order valence-corrected chi connectivity index (χ3v) is 3.01. The van der Waals surface area contributed by atoms with Crippen molar-refractivity contribution in [3.63, 3.8) is 0 Å². The predicted molar refractivity (Wildman–Crippen MR) is 62.7 cm³/mol. The van der Waals surface area contributed by atoms with Gasteiger partial charge >= 0.3 is 0 Å². The van der Waals surface area contributed by atoms with Crippen molar-refractivity contribution in [3.8, 4) is 0 Å². The van der Waals surface area contributed by atoms with E-state index in [-0.39, 0.29) is 23.6 Å². The van der Waals surface area contributed by atoms with Crippen LogP contribution in [0.5, 0.6) is 0 Å². The summed E-state index contributed by atoms with van der Waals surface area (Å²) in [5, 5.41) is 0. The molecule has 0 unspecified atom stereocenters. The summed E-state index contributed by atoms with van der Waals surface area (Å²) in [6.07, 6.45) is 0.988. The highest BCUT2D eigenvalue weighted by Crippen LogP contribution is 2.26. The Labute approximate surface area is 99.0 Å². The van der Waals surface area contributed by atoms with Gasteiger partial charge in [0.05, 0.1) is 11.9 Å². The molecule has 0 saturated carbocycles. The van der Waals surface area contributed by atoms with Crippen LogP contribution >= 0.6 is 11.6 Å². The van der Waals surface area contributed by atoms with Gasteiger partial charge in [-0.05, 0) is 18.6 Å². The zero-order valence-electron chi connectivity index (χ0n) is 8.73. The molecule has 16 heavy (non-hydrogen) atoms. The highest BCUT2D eigenvalue weighted by atomic mass is 35.5. The van der Waals surface area contributed by atoms with Gasteiger partial charge in [-0.2, -0.15) is 0 Å². The van der Waals surface area contributed by atoms with Crippen molar-refractivity contribution in [1.29, 1.82) is 0 Å². The summed E-state index contributed by atoms with van der Waals surface area (Å²) in [7, 11) is 0. The molecule has 1 atom stereocenters. The predicted octanol–water partition coefficient (Wildman–Crippen LogP) is 1.99. The Morgan fingerprint density at radius 2 is 2.06 bits per heavy atom. The first-order valence-corrected chi connectivity index (χ1v) is 5.73. The molecule has 2 rings (SSSR count). The van der Waals surface area contributed by atoms with Crippen molar-refractivity contribution < 1.29 is 9.59 Å². The van der Waals surface area contributed by atoms with E-state index < -0.39 is 0 Å². The minimum Gasteiger partial charge on any atom is -0.302 e. The highest BCUT2D eigenvalue weighted by Gasteiger charge is 2.36. The van der Waals surface area contributed by atoms with Gasteiger partial charge in [-0.25, -0.2) is 0 Å². The number of halogens is 1. The van der Waals surface area contributed by atoms with E-state index in [0.717, 1.165) is 5.69 Å². The monoisotopic (exact) mass is 237 g/mol. The number of para-hydroxylation sites is 1. The van der Waals surface area contributed by atoms with Crippen LogP contribution in [0.2, 0.25) is 0 Å². The Balaban J connectivity index is 2.30. The van der Waals surface area contributed by atoms with Crippen molar-refractivity contribution in [3.05, 3.63) is 30.3 Å². The van der Waals surface area contributed by atoms with Crippen LogP contribution in [0.25, 0.3) is 0 Å². The van der Waals surface area contributed by atoms with Crippen LogP contribution in [0.3, 0.4) is 0 Å². The molecule has 1 aliphatic heterocycles. The summed E-state index contributed by atoms with van der Waals surface area (Å²) in [5.41, 5.74) is 0.772. The number of amides is 1. The number of anilines is 1. The molecule has 84 valence electrons. The fourth-order valence-corrected chi connectivity index (χ4v) is 2.17. The number of Topliss-reactive ketones (excluding diaryl/α,β-unsaturated/α-hetero) is 1. The molecule has 0 aromatic heterocycles. The summed E-state index contributed by atoms with van der Waals surface area (Å²) in [6.45, 7) is 0. The van der Waals surface area contributed by atoms with Crippen LogP contribution in [0.4, 0.5) is 5.69 Å². The van der Waals surface area contributed by atoms with Gasteiger partial charge in [-0.15, -0.1) is 11.6 Å². The molecule has 1 aromatic rings. The molecule has 0 aliphatic carbocycles. The fourth-order valence-electron chi connectivity index (χ4n) is 1.99. The van der Waals surface area contributed by atoms with E-state index in [1.54, 1.807) is 4.90 Å². The number of carbonyl (C=O) groups is 2. The molecule has 0 radical (unpaired) electrons. The van der Waals surface area contributed by atoms with E-state index in [0.29, 0.717) is 12.8 Å². The third kappa shape index (κ3) is 1.95. The second kappa shape index (κ2) is 4.66. The van der Waals surface area contributed by atoms with Crippen molar-refractivity contribution in [2.45, 2.75) is 18.9 Å². The van der Waals surface area contributed by atoms with Crippen LogP contribution in [-0.2, 0) is 9.59 Å². The van der Waals surface area contributed by atoms with Gasteiger partial charge in [0, 0.05) is 12.1 Å². The van der Waals surface area contributed by atoms with Gasteiger partial charge in [0.25, 0.3) is 0 Å². The molecule has 1 amide bonds. The van der Waals surface area contributed by atoms with Crippen LogP contribution in [-0.4, -0.2) is 23.6 Å². The lowest BCUT2D eigenvalue weighted by Crippen LogP contribution is -2.39. The smallest absolute Gasteiger partial charge is 0.227 e. The van der Waals surface area contributed by atoms with Crippen LogP contribution in [0, 0.1) is 0 Å². The van der Waals surface area contributed by atoms with Crippen LogP contribution in [0.15, 0.2) is 30.3 Å². The number of nitrogens with zero attached hydrogens (tertiary/aromatic N) is 1. The topological polar surface area (TPSA) is 37.4 Å². The Kier molecular flexibility index (Phi) is 3.25. The number of hydrogen-bond donors (Lipinski definition) is 0. The van der Waals surface area contributed by atoms with E-state index >= 15 is 0 Å². The standard InChI is InChI=1S/C12H12ClNO2/c13-8-11(15)10-6-7-12(16)14(10)9-4-2-1-3-5-9/h1-5,10H,6-8H2/t10-/m1/s1. The Morgan fingerprint density at radius 3 is 2.69 bits per heavy atom. The molecular weight excluding hydrogens is 226 g/mol. The number of benzene rings is 1. The first-order chi connectivity index (χ1) is 7.74. The Bertz CT molecular complexity index is 405. The largest absolute Gasteiger partial charge is 0.302 e. The van der Waals surface area contributed by atoms with Crippen molar-refractivity contribution >= 4 is 29.0 Å². The lowest BCUT2D eigenvalue weighted by molar-refractivity contribution is -0.120.